The Bertz CT molecular complexity index is 339. The van der Waals surface area contributed by atoms with E-state index in [4.69, 9.17) is 0 Å². The summed E-state index contributed by atoms with van der Waals surface area (Å²) in [5.41, 5.74) is -0.813. The summed E-state index contributed by atoms with van der Waals surface area (Å²) in [7, 11) is 0. The van der Waals surface area contributed by atoms with Crippen molar-refractivity contribution in [2.75, 3.05) is 6.54 Å². The molecular weight excluding hydrogens is 232 g/mol. The molecule has 0 bridgehead atoms. The summed E-state index contributed by atoms with van der Waals surface area (Å²) < 4.78 is 0. The number of nitrogens with one attached hydrogen (secondary N) is 2. The molecule has 2 fully saturated rings. The quantitative estimate of drug-likeness (QED) is 0.699. The second-order valence-corrected chi connectivity index (χ2v) is 5.68. The van der Waals surface area contributed by atoms with Crippen molar-refractivity contribution in [1.82, 2.24) is 10.6 Å². The first kappa shape index (κ1) is 13.3. The van der Waals surface area contributed by atoms with Gasteiger partial charge in [-0.25, -0.2) is 0 Å². The molecule has 5 heteroatoms. The molecule has 1 saturated carbocycles. The van der Waals surface area contributed by atoms with Crippen molar-refractivity contribution in [1.29, 1.82) is 0 Å². The van der Waals surface area contributed by atoms with Gasteiger partial charge in [0.25, 0.3) is 0 Å². The van der Waals surface area contributed by atoms with Gasteiger partial charge in [-0.15, -0.1) is 0 Å². The van der Waals surface area contributed by atoms with Gasteiger partial charge in [-0.2, -0.15) is 0 Å². The minimum Gasteiger partial charge on any atom is -0.481 e. The van der Waals surface area contributed by atoms with E-state index in [-0.39, 0.29) is 18.0 Å². The molecule has 2 rings (SSSR count). The Morgan fingerprint density at radius 1 is 1.28 bits per heavy atom. The van der Waals surface area contributed by atoms with Gasteiger partial charge in [-0.05, 0) is 39.2 Å². The lowest BCUT2D eigenvalue weighted by atomic mass is 9.71. The Hall–Kier alpha value is -1.10. The Labute approximate surface area is 107 Å². The number of amides is 1. The van der Waals surface area contributed by atoms with E-state index < -0.39 is 11.4 Å². The van der Waals surface area contributed by atoms with Crippen LogP contribution in [0.3, 0.4) is 0 Å². The van der Waals surface area contributed by atoms with Gasteiger partial charge in [-0.3, -0.25) is 9.59 Å². The van der Waals surface area contributed by atoms with Crippen molar-refractivity contribution >= 4 is 11.9 Å². The van der Waals surface area contributed by atoms with Gasteiger partial charge in [0.2, 0.25) is 5.91 Å². The summed E-state index contributed by atoms with van der Waals surface area (Å²) in [6.45, 7) is 2.63. The van der Waals surface area contributed by atoms with Crippen LogP contribution in [0.15, 0.2) is 0 Å². The first-order valence-corrected chi connectivity index (χ1v) is 6.81. The zero-order valence-corrected chi connectivity index (χ0v) is 10.9. The lowest BCUT2D eigenvalue weighted by Crippen LogP contribution is -2.55. The highest BCUT2D eigenvalue weighted by atomic mass is 16.4. The molecule has 3 unspecified atom stereocenters. The maximum atomic E-state index is 12.1. The van der Waals surface area contributed by atoms with Crippen LogP contribution in [0.5, 0.6) is 0 Å². The maximum absolute atomic E-state index is 12.1. The molecule has 0 aromatic carbocycles. The number of carboxylic acid groups (broad SMARTS) is 1. The van der Waals surface area contributed by atoms with Crippen LogP contribution in [0.4, 0.5) is 0 Å². The highest BCUT2D eigenvalue weighted by Crippen LogP contribution is 2.36. The van der Waals surface area contributed by atoms with Crippen LogP contribution >= 0.6 is 0 Å². The minimum absolute atomic E-state index is 0.0353. The fourth-order valence-corrected chi connectivity index (χ4v) is 3.00. The van der Waals surface area contributed by atoms with Crippen LogP contribution in [0, 0.1) is 5.41 Å². The molecule has 1 saturated heterocycles. The molecular formula is C13H22N2O3. The van der Waals surface area contributed by atoms with Crippen LogP contribution in [0.1, 0.15) is 45.4 Å². The number of carbonyl (C=O) groups is 2. The van der Waals surface area contributed by atoms with Crippen LogP contribution in [-0.4, -0.2) is 35.6 Å². The van der Waals surface area contributed by atoms with Crippen LogP contribution < -0.4 is 10.6 Å². The predicted octanol–water partition coefficient (Wildman–Crippen LogP) is 0.888. The van der Waals surface area contributed by atoms with Gasteiger partial charge in [0, 0.05) is 6.04 Å². The third-order valence-corrected chi connectivity index (χ3v) is 4.39. The van der Waals surface area contributed by atoms with Crippen LogP contribution in [0.2, 0.25) is 0 Å². The van der Waals surface area contributed by atoms with Gasteiger partial charge in [0.15, 0.2) is 0 Å². The summed E-state index contributed by atoms with van der Waals surface area (Å²) in [5.74, 6) is -0.834. The fraction of sp³-hybridized carbons (Fsp3) is 0.846. The predicted molar refractivity (Wildman–Crippen MR) is 67.2 cm³/mol. The molecule has 2 aliphatic rings. The Morgan fingerprint density at radius 3 is 2.67 bits per heavy atom. The third-order valence-electron chi connectivity index (χ3n) is 4.39. The molecule has 0 aromatic rings. The lowest BCUT2D eigenvalue weighted by Gasteiger charge is -2.38. The van der Waals surface area contributed by atoms with Crippen LogP contribution in [-0.2, 0) is 9.59 Å². The summed E-state index contributed by atoms with van der Waals surface area (Å²) in [4.78, 5) is 23.5. The van der Waals surface area contributed by atoms with Gasteiger partial charge in [0.1, 0.15) is 0 Å². The van der Waals surface area contributed by atoms with E-state index in [1.807, 2.05) is 0 Å². The molecule has 0 radical (unpaired) electrons. The maximum Gasteiger partial charge on any atom is 0.311 e. The van der Waals surface area contributed by atoms with Gasteiger partial charge < -0.3 is 15.7 Å². The summed E-state index contributed by atoms with van der Waals surface area (Å²) in [6.07, 6.45) is 5.19. The number of rotatable bonds is 3. The molecule has 1 aliphatic carbocycles. The number of hydrogen-bond acceptors (Lipinski definition) is 3. The van der Waals surface area contributed by atoms with Crippen molar-refractivity contribution < 1.29 is 14.7 Å². The lowest BCUT2D eigenvalue weighted by molar-refractivity contribution is -0.152. The van der Waals surface area contributed by atoms with Crippen molar-refractivity contribution in [3.63, 3.8) is 0 Å². The minimum atomic E-state index is -0.813. The van der Waals surface area contributed by atoms with Gasteiger partial charge >= 0.3 is 5.97 Å². The smallest absolute Gasteiger partial charge is 0.311 e. The zero-order chi connectivity index (χ0) is 13.2. The molecule has 1 aliphatic heterocycles. The molecule has 0 aromatic heterocycles. The fourth-order valence-electron chi connectivity index (χ4n) is 3.00. The van der Waals surface area contributed by atoms with E-state index in [0.717, 1.165) is 38.6 Å². The number of aliphatic carboxylic acids is 1. The highest BCUT2D eigenvalue weighted by molar-refractivity contribution is 5.84. The topological polar surface area (TPSA) is 78.4 Å². The second-order valence-electron chi connectivity index (χ2n) is 5.68. The summed E-state index contributed by atoms with van der Waals surface area (Å²) in [6, 6.07) is -0.372. The molecule has 1 amide bonds. The monoisotopic (exact) mass is 254 g/mol. The van der Waals surface area contributed by atoms with E-state index in [1.54, 1.807) is 6.92 Å². The number of hydrogen-bond donors (Lipinski definition) is 3. The standard InChI is InChI=1S/C13H22N2O3/c1-13(12(17)18)7-3-2-6-10(13)15-11(16)9-5-4-8-14-9/h9-10,14H,2-8H2,1H3,(H,15,16)(H,17,18). The molecule has 5 nitrogen and oxygen atoms in total. The van der Waals surface area contributed by atoms with E-state index >= 15 is 0 Å². The van der Waals surface area contributed by atoms with Crippen molar-refractivity contribution in [3.8, 4) is 0 Å². The van der Waals surface area contributed by atoms with E-state index in [9.17, 15) is 14.7 Å². The van der Waals surface area contributed by atoms with Gasteiger partial charge in [0.05, 0.1) is 11.5 Å². The Balaban J connectivity index is 2.01. The van der Waals surface area contributed by atoms with Crippen molar-refractivity contribution in [2.24, 2.45) is 5.41 Å². The molecule has 3 atom stereocenters. The van der Waals surface area contributed by atoms with Gasteiger partial charge in [-0.1, -0.05) is 12.8 Å². The van der Waals surface area contributed by atoms with Crippen molar-refractivity contribution in [2.45, 2.75) is 57.5 Å². The molecule has 0 spiro atoms. The largest absolute Gasteiger partial charge is 0.481 e. The first-order valence-electron chi connectivity index (χ1n) is 6.81. The number of carbonyl (C=O) groups excluding carboxylic acids is 1. The Morgan fingerprint density at radius 2 is 2.06 bits per heavy atom. The van der Waals surface area contributed by atoms with E-state index in [1.165, 1.54) is 0 Å². The Kier molecular flexibility index (Phi) is 3.90. The summed E-state index contributed by atoms with van der Waals surface area (Å²) in [5, 5.41) is 15.5. The molecule has 18 heavy (non-hydrogen) atoms. The highest BCUT2D eigenvalue weighted by Gasteiger charge is 2.44. The summed E-state index contributed by atoms with van der Waals surface area (Å²) >= 11 is 0. The third kappa shape index (κ3) is 2.51. The average Bonchev–Trinajstić information content (AvgIpc) is 2.85. The van der Waals surface area contributed by atoms with Crippen molar-refractivity contribution in [3.05, 3.63) is 0 Å². The molecule has 102 valence electrons. The number of carboxylic acids is 1. The van der Waals surface area contributed by atoms with E-state index in [2.05, 4.69) is 10.6 Å². The first-order chi connectivity index (χ1) is 8.54. The second kappa shape index (κ2) is 5.26. The van der Waals surface area contributed by atoms with E-state index in [0.29, 0.717) is 6.42 Å². The average molecular weight is 254 g/mol. The molecule has 3 N–H and O–H groups in total. The van der Waals surface area contributed by atoms with Crippen LogP contribution in [0.25, 0.3) is 0 Å². The zero-order valence-electron chi connectivity index (χ0n) is 10.9. The SMILES string of the molecule is CC1(C(=O)O)CCCCC1NC(=O)C1CCCN1. The molecule has 1 heterocycles. The normalized spacial score (nSPS) is 36.3.